The first-order valence-corrected chi connectivity index (χ1v) is 10.5. The summed E-state index contributed by atoms with van der Waals surface area (Å²) in [5, 5.41) is 10.2. The highest BCUT2D eigenvalue weighted by atomic mass is 35.5. The fourth-order valence-corrected chi connectivity index (χ4v) is 3.66. The van der Waals surface area contributed by atoms with E-state index in [1.807, 2.05) is 35.2 Å². The molecule has 0 spiro atoms. The molecule has 2 heterocycles. The largest absolute Gasteiger partial charge is 0.496 e. The summed E-state index contributed by atoms with van der Waals surface area (Å²) in [6.45, 7) is 2.06. The smallest absolute Gasteiger partial charge is 0.257 e. The predicted octanol–water partition coefficient (Wildman–Crippen LogP) is 4.34. The predicted molar refractivity (Wildman–Crippen MR) is 123 cm³/mol. The maximum atomic E-state index is 12.9. The van der Waals surface area contributed by atoms with Crippen LogP contribution in [0.2, 0.25) is 5.02 Å². The van der Waals surface area contributed by atoms with E-state index in [9.17, 15) is 10.1 Å². The number of nitriles is 1. The summed E-state index contributed by atoms with van der Waals surface area (Å²) < 4.78 is 11.2. The number of carbonyl (C=O) groups is 1. The van der Waals surface area contributed by atoms with Crippen LogP contribution >= 0.6 is 11.6 Å². The summed E-state index contributed by atoms with van der Waals surface area (Å²) in [6, 6.07) is 16.6. The van der Waals surface area contributed by atoms with Gasteiger partial charge in [-0.3, -0.25) is 4.79 Å². The molecule has 0 aliphatic carbocycles. The van der Waals surface area contributed by atoms with Gasteiger partial charge in [-0.05, 0) is 35.9 Å². The highest BCUT2D eigenvalue weighted by Gasteiger charge is 2.27. The van der Waals surface area contributed by atoms with Gasteiger partial charge >= 0.3 is 0 Å². The van der Waals surface area contributed by atoms with Gasteiger partial charge in [-0.25, -0.2) is 0 Å². The SMILES string of the molecule is COc1ccccc1C(=O)N1CCN(c2oc(C=Cc3ccc(Cl)cc3)nc2C#N)CC1. The molecule has 3 aromatic rings. The molecule has 1 saturated heterocycles. The molecule has 1 aliphatic rings. The van der Waals surface area contributed by atoms with E-state index in [1.54, 1.807) is 42.4 Å². The summed E-state index contributed by atoms with van der Waals surface area (Å²) >= 11 is 5.91. The monoisotopic (exact) mass is 448 g/mol. The molecule has 8 heteroatoms. The number of amides is 1. The van der Waals surface area contributed by atoms with Crippen LogP contribution in [0.4, 0.5) is 5.88 Å². The Kier molecular flexibility index (Phi) is 6.43. The Bertz CT molecular complexity index is 1170. The Morgan fingerprint density at radius 3 is 2.53 bits per heavy atom. The number of carbonyl (C=O) groups excluding carboxylic acids is 1. The maximum absolute atomic E-state index is 12.9. The van der Waals surface area contributed by atoms with E-state index in [-0.39, 0.29) is 11.6 Å². The number of oxazole rings is 1. The van der Waals surface area contributed by atoms with Crippen LogP contribution < -0.4 is 9.64 Å². The van der Waals surface area contributed by atoms with Crippen LogP contribution in [0.3, 0.4) is 0 Å². The Morgan fingerprint density at radius 2 is 1.84 bits per heavy atom. The fourth-order valence-electron chi connectivity index (χ4n) is 3.53. The van der Waals surface area contributed by atoms with Gasteiger partial charge in [-0.15, -0.1) is 0 Å². The summed E-state index contributed by atoms with van der Waals surface area (Å²) in [6.07, 6.45) is 3.56. The minimum absolute atomic E-state index is 0.0771. The van der Waals surface area contributed by atoms with Crippen LogP contribution in [0.15, 0.2) is 52.9 Å². The lowest BCUT2D eigenvalue weighted by molar-refractivity contribution is 0.0742. The second-order valence-corrected chi connectivity index (χ2v) is 7.62. The summed E-state index contributed by atoms with van der Waals surface area (Å²) in [5.41, 5.74) is 1.71. The molecule has 1 amide bonds. The molecule has 32 heavy (non-hydrogen) atoms. The Hall–Kier alpha value is -3.76. The highest BCUT2D eigenvalue weighted by Crippen LogP contribution is 2.26. The molecule has 7 nitrogen and oxygen atoms in total. The number of nitrogens with zero attached hydrogens (tertiary/aromatic N) is 4. The Labute approximate surface area is 191 Å². The van der Waals surface area contributed by atoms with Gasteiger partial charge in [0.15, 0.2) is 0 Å². The van der Waals surface area contributed by atoms with E-state index in [2.05, 4.69) is 11.1 Å². The second kappa shape index (κ2) is 9.58. The molecule has 162 valence electrons. The number of piperazine rings is 1. The van der Waals surface area contributed by atoms with Crippen molar-refractivity contribution in [3.8, 4) is 11.8 Å². The highest BCUT2D eigenvalue weighted by molar-refractivity contribution is 6.30. The maximum Gasteiger partial charge on any atom is 0.257 e. The molecule has 0 N–H and O–H groups in total. The van der Waals surface area contributed by atoms with Crippen LogP contribution in [0, 0.1) is 11.3 Å². The molecule has 2 aromatic carbocycles. The molecule has 1 aliphatic heterocycles. The summed E-state index contributed by atoms with van der Waals surface area (Å²) in [4.78, 5) is 20.9. The van der Waals surface area contributed by atoms with Crippen LogP contribution in [0.1, 0.15) is 27.5 Å². The van der Waals surface area contributed by atoms with Crippen molar-refractivity contribution in [2.45, 2.75) is 0 Å². The van der Waals surface area contributed by atoms with Crippen LogP contribution in [-0.2, 0) is 0 Å². The lowest BCUT2D eigenvalue weighted by Crippen LogP contribution is -2.49. The number of benzene rings is 2. The van der Waals surface area contributed by atoms with Crippen LogP contribution in [0.25, 0.3) is 12.2 Å². The van der Waals surface area contributed by atoms with E-state index in [0.717, 1.165) is 5.56 Å². The van der Waals surface area contributed by atoms with Gasteiger partial charge in [0.1, 0.15) is 11.8 Å². The number of hydrogen-bond donors (Lipinski definition) is 0. The molecule has 4 rings (SSSR count). The summed E-state index contributed by atoms with van der Waals surface area (Å²) in [7, 11) is 1.55. The Balaban J connectivity index is 1.45. The zero-order valence-electron chi connectivity index (χ0n) is 17.5. The van der Waals surface area contributed by atoms with Crippen molar-refractivity contribution in [1.82, 2.24) is 9.88 Å². The van der Waals surface area contributed by atoms with Gasteiger partial charge < -0.3 is 19.0 Å². The first-order valence-electron chi connectivity index (χ1n) is 10.1. The first kappa shape index (κ1) is 21.5. The van der Waals surface area contributed by atoms with Gasteiger partial charge in [0.05, 0.1) is 12.7 Å². The average molecular weight is 449 g/mol. The third kappa shape index (κ3) is 4.61. The lowest BCUT2D eigenvalue weighted by Gasteiger charge is -2.34. The minimum Gasteiger partial charge on any atom is -0.496 e. The van der Waals surface area contributed by atoms with Crippen molar-refractivity contribution in [3.05, 3.63) is 76.3 Å². The number of halogens is 1. The molecule has 0 radical (unpaired) electrons. The third-order valence-electron chi connectivity index (χ3n) is 5.21. The average Bonchev–Trinajstić information content (AvgIpc) is 3.26. The number of para-hydroxylation sites is 1. The summed E-state index contributed by atoms with van der Waals surface area (Å²) in [5.74, 6) is 1.25. The van der Waals surface area contributed by atoms with Crippen molar-refractivity contribution in [3.63, 3.8) is 0 Å². The molecular formula is C24H21ClN4O3. The van der Waals surface area contributed by atoms with Gasteiger partial charge in [-0.2, -0.15) is 10.2 Å². The van der Waals surface area contributed by atoms with Gasteiger partial charge in [0.25, 0.3) is 5.91 Å². The zero-order valence-corrected chi connectivity index (χ0v) is 18.2. The normalized spacial score (nSPS) is 13.9. The molecule has 0 unspecified atom stereocenters. The van der Waals surface area contributed by atoms with E-state index in [0.29, 0.717) is 54.3 Å². The number of aromatic nitrogens is 1. The first-order chi connectivity index (χ1) is 15.6. The van der Waals surface area contributed by atoms with Gasteiger partial charge in [-0.1, -0.05) is 35.9 Å². The Morgan fingerprint density at radius 1 is 1.12 bits per heavy atom. The number of rotatable bonds is 5. The molecule has 0 atom stereocenters. The van der Waals surface area contributed by atoms with Crippen molar-refractivity contribution in [2.75, 3.05) is 38.2 Å². The van der Waals surface area contributed by atoms with Crippen molar-refractivity contribution in [2.24, 2.45) is 0 Å². The number of methoxy groups -OCH3 is 1. The second-order valence-electron chi connectivity index (χ2n) is 7.18. The number of hydrogen-bond acceptors (Lipinski definition) is 6. The molecule has 0 saturated carbocycles. The third-order valence-corrected chi connectivity index (χ3v) is 5.46. The van der Waals surface area contributed by atoms with Crippen LogP contribution in [0.5, 0.6) is 5.75 Å². The van der Waals surface area contributed by atoms with Crippen molar-refractivity contribution < 1.29 is 13.9 Å². The topological polar surface area (TPSA) is 82.6 Å². The van der Waals surface area contributed by atoms with E-state index >= 15 is 0 Å². The number of ether oxygens (including phenoxy) is 1. The van der Waals surface area contributed by atoms with E-state index in [4.69, 9.17) is 20.8 Å². The molecule has 1 fully saturated rings. The molecule has 1 aromatic heterocycles. The van der Waals surface area contributed by atoms with Crippen molar-refractivity contribution >= 4 is 35.5 Å². The van der Waals surface area contributed by atoms with E-state index < -0.39 is 0 Å². The van der Waals surface area contributed by atoms with Crippen LogP contribution in [-0.4, -0.2) is 49.1 Å². The quantitative estimate of drug-likeness (QED) is 0.577. The van der Waals surface area contributed by atoms with E-state index in [1.165, 1.54) is 0 Å². The molecular weight excluding hydrogens is 428 g/mol. The molecule has 0 bridgehead atoms. The zero-order chi connectivity index (χ0) is 22.5. The van der Waals surface area contributed by atoms with Gasteiger partial charge in [0, 0.05) is 37.3 Å². The van der Waals surface area contributed by atoms with Crippen molar-refractivity contribution in [1.29, 1.82) is 5.26 Å². The van der Waals surface area contributed by atoms with Gasteiger partial charge in [0.2, 0.25) is 17.5 Å². The minimum atomic E-state index is -0.0771. The standard InChI is InChI=1S/C24H21ClN4O3/c1-31-21-5-3-2-4-19(21)23(30)28-12-14-29(15-13-28)24-20(16-26)27-22(32-24)11-8-17-6-9-18(25)10-7-17/h2-11H,12-15H2,1H3. The number of anilines is 1. The lowest BCUT2D eigenvalue weighted by atomic mass is 10.1. The fraction of sp³-hybridized carbons (Fsp3) is 0.208.